The highest BCUT2D eigenvalue weighted by molar-refractivity contribution is 5.97. The molecule has 0 atom stereocenters. The van der Waals surface area contributed by atoms with E-state index >= 15 is 0 Å². The van der Waals surface area contributed by atoms with Crippen LogP contribution in [0.4, 0.5) is 0 Å². The Labute approximate surface area is 141 Å². The number of pyridine rings is 1. The summed E-state index contributed by atoms with van der Waals surface area (Å²) in [7, 11) is 0. The maximum Gasteiger partial charge on any atom is 0.364 e. The molecule has 1 aliphatic heterocycles. The Morgan fingerprint density at radius 1 is 1.46 bits per heavy atom. The van der Waals surface area contributed by atoms with Gasteiger partial charge in [-0.3, -0.25) is 4.98 Å². The molecule has 2 rings (SSSR count). The van der Waals surface area contributed by atoms with E-state index in [2.05, 4.69) is 10.1 Å². The number of carboxylic acids is 1. The van der Waals surface area contributed by atoms with Gasteiger partial charge in [0.15, 0.2) is 0 Å². The van der Waals surface area contributed by atoms with Gasteiger partial charge in [0.05, 0.1) is 18.9 Å². The van der Waals surface area contributed by atoms with E-state index in [1.807, 2.05) is 19.1 Å². The van der Waals surface area contributed by atoms with E-state index in [0.717, 1.165) is 30.5 Å². The molecule has 0 unspecified atom stereocenters. The van der Waals surface area contributed by atoms with Gasteiger partial charge in [-0.2, -0.15) is 0 Å². The molecular weight excluding hydrogens is 312 g/mol. The van der Waals surface area contributed by atoms with Crippen molar-refractivity contribution < 1.29 is 24.2 Å². The molecule has 0 amide bonds. The summed E-state index contributed by atoms with van der Waals surface area (Å²) in [5.41, 5.74) is 1.74. The summed E-state index contributed by atoms with van der Waals surface area (Å²) in [6.45, 7) is 4.66. The summed E-state index contributed by atoms with van der Waals surface area (Å²) in [5, 5.41) is 13.1. The maximum atomic E-state index is 11.0. The van der Waals surface area contributed by atoms with Gasteiger partial charge in [0.2, 0.25) is 0 Å². The van der Waals surface area contributed by atoms with Crippen LogP contribution in [0, 0.1) is 5.92 Å². The van der Waals surface area contributed by atoms with Crippen molar-refractivity contribution in [1.29, 1.82) is 0 Å². The number of carbonyl (C=O) groups is 1. The number of hydrogen-bond donors (Lipinski definition) is 1. The molecule has 0 radical (unpaired) electrons. The Morgan fingerprint density at radius 3 is 2.83 bits per heavy atom. The smallest absolute Gasteiger partial charge is 0.364 e. The van der Waals surface area contributed by atoms with E-state index in [4.69, 9.17) is 19.4 Å². The fourth-order valence-corrected chi connectivity index (χ4v) is 2.31. The molecule has 132 valence electrons. The summed E-state index contributed by atoms with van der Waals surface area (Å²) in [4.78, 5) is 20.4. The van der Waals surface area contributed by atoms with Gasteiger partial charge >= 0.3 is 5.97 Å². The van der Waals surface area contributed by atoms with Crippen molar-refractivity contribution in [2.24, 2.45) is 11.1 Å². The Kier molecular flexibility index (Phi) is 6.69. The number of unbranched alkanes of at least 4 members (excludes halogenated alkanes) is 1. The Morgan fingerprint density at radius 2 is 2.21 bits per heavy atom. The molecule has 2 heterocycles. The van der Waals surface area contributed by atoms with Gasteiger partial charge in [0, 0.05) is 30.8 Å². The molecule has 0 bridgehead atoms. The van der Waals surface area contributed by atoms with Crippen LogP contribution in [0.1, 0.15) is 38.7 Å². The number of ether oxygens (including phenoxy) is 2. The van der Waals surface area contributed by atoms with Gasteiger partial charge < -0.3 is 19.4 Å². The molecule has 0 aromatic carbocycles. The van der Waals surface area contributed by atoms with Crippen LogP contribution in [0.25, 0.3) is 0 Å². The first-order valence-corrected chi connectivity index (χ1v) is 8.09. The predicted octanol–water partition coefficient (Wildman–Crippen LogP) is 2.46. The Balaban J connectivity index is 1.59. The van der Waals surface area contributed by atoms with Gasteiger partial charge in [-0.15, -0.1) is 0 Å². The summed E-state index contributed by atoms with van der Waals surface area (Å²) in [6, 6.07) is 3.79. The van der Waals surface area contributed by atoms with E-state index < -0.39 is 11.8 Å². The summed E-state index contributed by atoms with van der Waals surface area (Å²) < 4.78 is 10.6. The average molecular weight is 336 g/mol. The van der Waals surface area contributed by atoms with Crippen LogP contribution >= 0.6 is 0 Å². The maximum absolute atomic E-state index is 11.0. The minimum Gasteiger partial charge on any atom is -0.477 e. The van der Waals surface area contributed by atoms with Crippen LogP contribution in [0.5, 0.6) is 0 Å². The monoisotopic (exact) mass is 336 g/mol. The average Bonchev–Trinajstić information content (AvgIpc) is 2.60. The van der Waals surface area contributed by atoms with Crippen LogP contribution in [-0.4, -0.2) is 47.4 Å². The number of carboxylic acid groups (broad SMARTS) is 1. The van der Waals surface area contributed by atoms with Crippen molar-refractivity contribution in [2.45, 2.75) is 38.9 Å². The number of aromatic nitrogens is 1. The van der Waals surface area contributed by atoms with Crippen LogP contribution in [0.3, 0.4) is 0 Å². The molecule has 0 saturated carbocycles. The number of oxime groups is 1. The molecule has 1 aromatic heterocycles. The molecule has 0 aliphatic carbocycles. The minimum absolute atomic E-state index is 0.220. The highest BCUT2D eigenvalue weighted by Gasteiger charge is 2.40. The first-order valence-electron chi connectivity index (χ1n) is 8.09. The van der Waals surface area contributed by atoms with Crippen LogP contribution in [-0.2, 0) is 19.1 Å². The van der Waals surface area contributed by atoms with Crippen molar-refractivity contribution in [3.63, 3.8) is 0 Å². The number of hydrogen-bond acceptors (Lipinski definition) is 6. The zero-order chi connectivity index (χ0) is 17.4. The lowest BCUT2D eigenvalue weighted by molar-refractivity contribution is -0.271. The molecule has 0 spiro atoms. The second-order valence-corrected chi connectivity index (χ2v) is 5.99. The van der Waals surface area contributed by atoms with Crippen molar-refractivity contribution >= 4 is 11.7 Å². The predicted molar refractivity (Wildman–Crippen MR) is 87.7 cm³/mol. The van der Waals surface area contributed by atoms with E-state index in [0.29, 0.717) is 19.8 Å². The SMILES string of the molecule is CC(=NOCCCCC1COC(C)(C(=O)O)OC1)c1cccnc1. The second kappa shape index (κ2) is 8.75. The van der Waals surface area contributed by atoms with Crippen molar-refractivity contribution in [2.75, 3.05) is 19.8 Å². The quantitative estimate of drug-likeness (QED) is 0.445. The van der Waals surface area contributed by atoms with Crippen molar-refractivity contribution in [3.05, 3.63) is 30.1 Å². The van der Waals surface area contributed by atoms with Gasteiger partial charge in [0.25, 0.3) is 5.79 Å². The van der Waals surface area contributed by atoms with Gasteiger partial charge in [0.1, 0.15) is 6.61 Å². The highest BCUT2D eigenvalue weighted by Crippen LogP contribution is 2.24. The molecule has 1 N–H and O–H groups in total. The van der Waals surface area contributed by atoms with Crippen molar-refractivity contribution in [3.8, 4) is 0 Å². The Hall–Kier alpha value is -1.99. The molecule has 24 heavy (non-hydrogen) atoms. The molecular formula is C17H24N2O5. The summed E-state index contributed by atoms with van der Waals surface area (Å²) in [6.07, 6.45) is 6.19. The van der Waals surface area contributed by atoms with E-state index in [1.165, 1.54) is 6.92 Å². The molecule has 1 saturated heterocycles. The number of rotatable bonds is 8. The standard InChI is InChI=1S/C17H24N2O5/c1-13(15-7-5-8-18-10-15)19-24-9-4-3-6-14-11-22-17(2,16(20)21)23-12-14/h5,7-8,10,14H,3-4,6,9,11-12H2,1-2H3,(H,20,21). The fourth-order valence-electron chi connectivity index (χ4n) is 2.31. The summed E-state index contributed by atoms with van der Waals surface area (Å²) in [5.74, 6) is -2.37. The van der Waals surface area contributed by atoms with Crippen molar-refractivity contribution in [1.82, 2.24) is 4.98 Å². The van der Waals surface area contributed by atoms with Crippen LogP contribution < -0.4 is 0 Å². The zero-order valence-electron chi connectivity index (χ0n) is 14.1. The van der Waals surface area contributed by atoms with Crippen LogP contribution in [0.15, 0.2) is 29.7 Å². The first kappa shape index (κ1) is 18.4. The molecule has 1 aromatic rings. The molecule has 1 fully saturated rings. The summed E-state index contributed by atoms with van der Waals surface area (Å²) >= 11 is 0. The first-order chi connectivity index (χ1) is 11.5. The fraction of sp³-hybridized carbons (Fsp3) is 0.588. The van der Waals surface area contributed by atoms with E-state index in [1.54, 1.807) is 12.4 Å². The molecule has 7 heteroatoms. The second-order valence-electron chi connectivity index (χ2n) is 5.99. The van der Waals surface area contributed by atoms with Gasteiger partial charge in [-0.05, 0) is 38.3 Å². The molecule has 7 nitrogen and oxygen atoms in total. The third-order valence-corrected chi connectivity index (χ3v) is 3.96. The lowest BCUT2D eigenvalue weighted by Gasteiger charge is -2.34. The third-order valence-electron chi connectivity index (χ3n) is 3.96. The van der Waals surface area contributed by atoms with Crippen LogP contribution in [0.2, 0.25) is 0 Å². The Bertz CT molecular complexity index is 553. The lowest BCUT2D eigenvalue weighted by Crippen LogP contribution is -2.47. The normalized spacial score (nSPS) is 24.6. The van der Waals surface area contributed by atoms with E-state index in [9.17, 15) is 4.79 Å². The highest BCUT2D eigenvalue weighted by atomic mass is 16.7. The molecule has 1 aliphatic rings. The van der Waals surface area contributed by atoms with E-state index in [-0.39, 0.29) is 5.92 Å². The number of nitrogens with zero attached hydrogens (tertiary/aromatic N) is 2. The number of aliphatic carboxylic acids is 1. The van der Waals surface area contributed by atoms with Gasteiger partial charge in [-0.25, -0.2) is 4.79 Å². The minimum atomic E-state index is -1.50. The largest absolute Gasteiger partial charge is 0.477 e. The zero-order valence-corrected chi connectivity index (χ0v) is 14.1. The van der Waals surface area contributed by atoms with Gasteiger partial charge in [-0.1, -0.05) is 5.16 Å². The lowest BCUT2D eigenvalue weighted by atomic mass is 10.0. The topological polar surface area (TPSA) is 90.2 Å². The third kappa shape index (κ3) is 5.28.